The number of fused-ring (bicyclic) bond motifs is 2. The van der Waals surface area contributed by atoms with E-state index in [4.69, 9.17) is 0 Å². The number of benzene rings is 6. The Bertz CT molecular complexity index is 1880. The molecule has 0 aliphatic rings. The predicted octanol–water partition coefficient (Wildman–Crippen LogP) is 14.8. The van der Waals surface area contributed by atoms with Crippen LogP contribution >= 0.6 is 0 Å². The molecule has 0 spiro atoms. The minimum absolute atomic E-state index is 0.0802. The third-order valence-corrected chi connectivity index (χ3v) is 10.6. The highest BCUT2D eigenvalue weighted by Gasteiger charge is 2.23. The lowest BCUT2D eigenvalue weighted by molar-refractivity contribution is 0.667. The van der Waals surface area contributed by atoms with E-state index in [1.165, 1.54) is 118 Å². The summed E-state index contributed by atoms with van der Waals surface area (Å²) in [5, 5.41) is 5.04. The monoisotopic (exact) mass is 657 g/mol. The van der Waals surface area contributed by atoms with Crippen LogP contribution in [0.3, 0.4) is 0 Å². The van der Waals surface area contributed by atoms with Gasteiger partial charge in [-0.1, -0.05) is 169 Å². The Morgan fingerprint density at radius 2 is 0.960 bits per heavy atom. The highest BCUT2D eigenvalue weighted by atomic mass is 15.1. The number of rotatable bonds is 16. The van der Waals surface area contributed by atoms with Crippen LogP contribution in [0.15, 0.2) is 134 Å². The minimum Gasteiger partial charge on any atom is -0.309 e. The molecule has 0 atom stereocenters. The molecule has 6 rings (SSSR count). The van der Waals surface area contributed by atoms with Crippen molar-refractivity contribution in [3.8, 4) is 11.1 Å². The molecular formula is C49H55N. The molecule has 0 fully saturated rings. The summed E-state index contributed by atoms with van der Waals surface area (Å²) in [6.07, 6.45) is 14.6. The third kappa shape index (κ3) is 7.73. The number of hydrogen-bond donors (Lipinski definition) is 0. The highest BCUT2D eigenvalue weighted by Crippen LogP contribution is 2.48. The van der Waals surface area contributed by atoms with Gasteiger partial charge in [0.25, 0.3) is 0 Å². The summed E-state index contributed by atoms with van der Waals surface area (Å²) in [4.78, 5) is 2.51. The number of anilines is 3. The fourth-order valence-electron chi connectivity index (χ4n) is 7.38. The summed E-state index contributed by atoms with van der Waals surface area (Å²) in [7, 11) is 0. The Balaban J connectivity index is 1.51. The predicted molar refractivity (Wildman–Crippen MR) is 220 cm³/mol. The van der Waals surface area contributed by atoms with Crippen LogP contribution in [0.1, 0.15) is 95.8 Å². The normalized spacial score (nSPS) is 11.7. The van der Waals surface area contributed by atoms with E-state index in [1.807, 2.05) is 6.08 Å². The van der Waals surface area contributed by atoms with Gasteiger partial charge in [-0.2, -0.15) is 0 Å². The molecule has 0 aromatic heterocycles. The standard InChI is InChI=1S/C49H55N/c1-6-9-11-13-19-37-25-33-41(34-26-37)50(42-35-27-38(28-36-42)20-14-12-10-7-2)48-45-23-17-15-21-43(45)47(44-22-16-18-24-46(44)48)39-29-31-40(32-30-39)49(4,5)8-3/h8,15-18,21-36H,3,6-7,9-14,19-20H2,1-2,4-5H3. The molecule has 6 aromatic carbocycles. The molecular weight excluding hydrogens is 603 g/mol. The van der Waals surface area contributed by atoms with Crippen molar-refractivity contribution >= 4 is 38.6 Å². The Morgan fingerprint density at radius 1 is 0.520 bits per heavy atom. The molecule has 0 saturated heterocycles. The van der Waals surface area contributed by atoms with E-state index < -0.39 is 0 Å². The number of aryl methyl sites for hydroxylation is 2. The second-order valence-corrected chi connectivity index (χ2v) is 14.6. The third-order valence-electron chi connectivity index (χ3n) is 10.6. The fourth-order valence-corrected chi connectivity index (χ4v) is 7.38. The van der Waals surface area contributed by atoms with Crippen molar-refractivity contribution < 1.29 is 0 Å². The van der Waals surface area contributed by atoms with Gasteiger partial charge in [0.05, 0.1) is 5.69 Å². The molecule has 0 aliphatic carbocycles. The molecule has 0 bridgehead atoms. The van der Waals surface area contributed by atoms with Crippen LogP contribution in [-0.4, -0.2) is 0 Å². The van der Waals surface area contributed by atoms with Crippen molar-refractivity contribution in [1.29, 1.82) is 0 Å². The molecule has 0 radical (unpaired) electrons. The zero-order chi connectivity index (χ0) is 34.9. The fraction of sp³-hybridized carbons (Fsp3) is 0.306. The average Bonchev–Trinajstić information content (AvgIpc) is 3.16. The van der Waals surface area contributed by atoms with E-state index in [0.29, 0.717) is 0 Å². The van der Waals surface area contributed by atoms with Crippen LogP contribution in [0.25, 0.3) is 32.7 Å². The quantitative estimate of drug-likeness (QED) is 0.0569. The number of hydrogen-bond acceptors (Lipinski definition) is 1. The van der Waals surface area contributed by atoms with E-state index in [9.17, 15) is 0 Å². The maximum Gasteiger partial charge on any atom is 0.0618 e. The molecule has 0 saturated carbocycles. The van der Waals surface area contributed by atoms with Crippen LogP contribution in [0.2, 0.25) is 0 Å². The number of nitrogens with zero attached hydrogens (tertiary/aromatic N) is 1. The summed E-state index contributed by atoms with van der Waals surface area (Å²) < 4.78 is 0. The maximum absolute atomic E-state index is 4.09. The number of unbranched alkanes of at least 4 members (excludes halogenated alkanes) is 6. The van der Waals surface area contributed by atoms with E-state index in [0.717, 1.165) is 12.8 Å². The summed E-state index contributed by atoms with van der Waals surface area (Å²) >= 11 is 0. The van der Waals surface area contributed by atoms with Gasteiger partial charge in [0.15, 0.2) is 0 Å². The molecule has 0 amide bonds. The van der Waals surface area contributed by atoms with E-state index in [2.05, 4.69) is 161 Å². The first-order chi connectivity index (χ1) is 24.4. The van der Waals surface area contributed by atoms with Crippen LogP contribution < -0.4 is 4.90 Å². The van der Waals surface area contributed by atoms with Gasteiger partial charge < -0.3 is 4.90 Å². The smallest absolute Gasteiger partial charge is 0.0618 e. The largest absolute Gasteiger partial charge is 0.309 e. The van der Waals surface area contributed by atoms with Crippen molar-refractivity contribution in [1.82, 2.24) is 0 Å². The summed E-state index contributed by atoms with van der Waals surface area (Å²) in [5.41, 5.74) is 10.2. The Labute approximate surface area is 301 Å². The lowest BCUT2D eigenvalue weighted by Gasteiger charge is -2.30. The molecule has 1 heteroatoms. The first kappa shape index (κ1) is 35.2. The molecule has 0 aliphatic heterocycles. The SMILES string of the molecule is C=CC(C)(C)c1ccc(-c2c3ccccc3c(N(c3ccc(CCCCCC)cc3)c3ccc(CCCCCC)cc3)c3ccccc23)cc1. The lowest BCUT2D eigenvalue weighted by atomic mass is 9.83. The van der Waals surface area contributed by atoms with Crippen LogP contribution in [0.5, 0.6) is 0 Å². The first-order valence-electron chi connectivity index (χ1n) is 19.1. The average molecular weight is 658 g/mol. The zero-order valence-electron chi connectivity index (χ0n) is 30.8. The number of allylic oxidation sites excluding steroid dienone is 1. The molecule has 0 unspecified atom stereocenters. The van der Waals surface area contributed by atoms with Crippen LogP contribution in [0.4, 0.5) is 17.1 Å². The Hall–Kier alpha value is -4.62. The zero-order valence-corrected chi connectivity index (χ0v) is 30.8. The first-order valence-corrected chi connectivity index (χ1v) is 19.1. The van der Waals surface area contributed by atoms with Crippen molar-refractivity contribution in [3.63, 3.8) is 0 Å². The molecule has 1 nitrogen and oxygen atoms in total. The van der Waals surface area contributed by atoms with Crippen molar-refractivity contribution in [3.05, 3.63) is 151 Å². The maximum atomic E-state index is 4.09. The van der Waals surface area contributed by atoms with Crippen molar-refractivity contribution in [2.45, 2.75) is 97.3 Å². The summed E-state index contributed by atoms with van der Waals surface area (Å²) in [6.45, 7) is 13.1. The van der Waals surface area contributed by atoms with Gasteiger partial charge >= 0.3 is 0 Å². The van der Waals surface area contributed by atoms with Gasteiger partial charge in [-0.3, -0.25) is 0 Å². The molecule has 0 heterocycles. The van der Waals surface area contributed by atoms with Gasteiger partial charge in [0.1, 0.15) is 0 Å². The molecule has 0 N–H and O–H groups in total. The molecule has 6 aromatic rings. The van der Waals surface area contributed by atoms with Crippen LogP contribution in [0, 0.1) is 0 Å². The molecule has 256 valence electrons. The van der Waals surface area contributed by atoms with E-state index in [-0.39, 0.29) is 5.41 Å². The van der Waals surface area contributed by atoms with Gasteiger partial charge in [-0.05, 0) is 88.5 Å². The summed E-state index contributed by atoms with van der Waals surface area (Å²) in [6, 6.07) is 45.9. The minimum atomic E-state index is -0.0802. The van der Waals surface area contributed by atoms with Crippen molar-refractivity contribution in [2.75, 3.05) is 4.90 Å². The topological polar surface area (TPSA) is 3.24 Å². The van der Waals surface area contributed by atoms with Gasteiger partial charge in [-0.25, -0.2) is 0 Å². The van der Waals surface area contributed by atoms with Gasteiger partial charge in [-0.15, -0.1) is 6.58 Å². The van der Waals surface area contributed by atoms with Gasteiger partial charge in [0.2, 0.25) is 0 Å². The summed E-state index contributed by atoms with van der Waals surface area (Å²) in [5.74, 6) is 0. The van der Waals surface area contributed by atoms with E-state index >= 15 is 0 Å². The Morgan fingerprint density at radius 3 is 1.38 bits per heavy atom. The lowest BCUT2D eigenvalue weighted by Crippen LogP contribution is -2.12. The molecule has 50 heavy (non-hydrogen) atoms. The van der Waals surface area contributed by atoms with E-state index in [1.54, 1.807) is 0 Å². The second-order valence-electron chi connectivity index (χ2n) is 14.6. The van der Waals surface area contributed by atoms with Crippen LogP contribution in [-0.2, 0) is 18.3 Å². The second kappa shape index (κ2) is 16.4. The van der Waals surface area contributed by atoms with Gasteiger partial charge in [0, 0.05) is 27.6 Å². The highest BCUT2D eigenvalue weighted by molar-refractivity contribution is 6.22. The Kier molecular flexibility index (Phi) is 11.5. The van der Waals surface area contributed by atoms with Crippen molar-refractivity contribution in [2.24, 2.45) is 0 Å².